The van der Waals surface area contributed by atoms with Crippen LogP contribution in [0.4, 0.5) is 23.8 Å². The minimum absolute atomic E-state index is 0.0815. The molecule has 4 saturated heterocycles. The van der Waals surface area contributed by atoms with Crippen molar-refractivity contribution in [1.29, 1.82) is 0 Å². The number of phenols is 1. The van der Waals surface area contributed by atoms with Gasteiger partial charge in [0.2, 0.25) is 0 Å². The number of hydrogen-bond acceptors (Lipinski definition) is 10. The second kappa shape index (κ2) is 13.0. The topological polar surface area (TPSA) is 113 Å². The van der Waals surface area contributed by atoms with E-state index in [0.29, 0.717) is 49.3 Å². The Morgan fingerprint density at radius 2 is 1.94 bits per heavy atom. The van der Waals surface area contributed by atoms with Gasteiger partial charge in [-0.15, -0.1) is 6.42 Å². The third-order valence-electron chi connectivity index (χ3n) is 10.8. The zero-order valence-electron chi connectivity index (χ0n) is 28.1. The fourth-order valence-corrected chi connectivity index (χ4v) is 8.58. The number of fused-ring (bicyclic) bond motifs is 5. The van der Waals surface area contributed by atoms with Crippen LogP contribution in [-0.4, -0.2) is 113 Å². The van der Waals surface area contributed by atoms with Crippen molar-refractivity contribution in [1.82, 2.24) is 24.8 Å². The van der Waals surface area contributed by atoms with Gasteiger partial charge in [-0.2, -0.15) is 9.97 Å². The molecule has 0 radical (unpaired) electrons. The summed E-state index contributed by atoms with van der Waals surface area (Å²) in [4.78, 5) is 32.7. The Bertz CT molecular complexity index is 2060. The first-order valence-electron chi connectivity index (χ1n) is 17.2. The van der Waals surface area contributed by atoms with Gasteiger partial charge in [0.1, 0.15) is 48.0 Å². The van der Waals surface area contributed by atoms with Crippen LogP contribution in [0.2, 0.25) is 0 Å². The molecule has 6 heterocycles. The smallest absolute Gasteiger partial charge is 0.410 e. The number of pyridine rings is 1. The second-order valence-corrected chi connectivity index (χ2v) is 13.8. The quantitative estimate of drug-likeness (QED) is 0.194. The summed E-state index contributed by atoms with van der Waals surface area (Å²) in [5.41, 5.74) is -0.781. The number of phenolic OH excluding ortho intramolecular Hbond substituents is 1. The number of aromatic nitrogens is 3. The number of piperazine rings is 1. The van der Waals surface area contributed by atoms with Gasteiger partial charge in [0.05, 0.1) is 35.2 Å². The lowest BCUT2D eigenvalue weighted by atomic mass is 9.95. The molecular weight excluding hydrogens is 665 g/mol. The summed E-state index contributed by atoms with van der Waals surface area (Å²) in [5, 5.41) is 11.5. The van der Waals surface area contributed by atoms with E-state index >= 15 is 4.39 Å². The van der Waals surface area contributed by atoms with E-state index in [2.05, 4.69) is 20.8 Å². The van der Waals surface area contributed by atoms with Crippen molar-refractivity contribution in [3.05, 3.63) is 47.7 Å². The van der Waals surface area contributed by atoms with E-state index in [1.807, 2.05) is 4.90 Å². The zero-order chi connectivity index (χ0) is 35.4. The first-order valence-corrected chi connectivity index (χ1v) is 17.2. The fourth-order valence-electron chi connectivity index (χ4n) is 8.58. The van der Waals surface area contributed by atoms with Gasteiger partial charge < -0.3 is 24.2 Å². The average molecular weight is 703 g/mol. The molecule has 11 nitrogen and oxygen atoms in total. The number of ether oxygens (including phenoxy) is 3. The average Bonchev–Trinajstić information content (AvgIpc) is 3.73. The predicted molar refractivity (Wildman–Crippen MR) is 182 cm³/mol. The van der Waals surface area contributed by atoms with E-state index in [-0.39, 0.29) is 64.8 Å². The number of terminal acetylenes is 1. The molecule has 0 aliphatic carbocycles. The summed E-state index contributed by atoms with van der Waals surface area (Å²) < 4.78 is 63.2. The summed E-state index contributed by atoms with van der Waals surface area (Å²) >= 11 is 0. The normalized spacial score (nSPS) is 24.3. The first kappa shape index (κ1) is 33.3. The molecule has 4 fully saturated rings. The standard InChI is InChI=1S/C37H37F3N6O5/c1-3-26-29(39)8-5-21-13-25(47)14-27(30(21)26)32-31(40)33-28(16-41-32)34(43-35(42-33)51-20-37-9-4-10-45(37)17-22(38)15-37)44-18-23-6-7-24(19-44)46(23)36(48)50-12-11-49-2/h1,5,8,13-14,16,22-24,47H,4,6-7,9-12,15,17-20H2,2H3/t22-,23?,24?,37+/m1/s1. The molecule has 14 heteroatoms. The van der Waals surface area contributed by atoms with Crippen LogP contribution >= 0.6 is 0 Å². The van der Waals surface area contributed by atoms with Crippen LogP contribution in [0.5, 0.6) is 11.8 Å². The van der Waals surface area contributed by atoms with Crippen molar-refractivity contribution in [2.45, 2.75) is 55.9 Å². The highest BCUT2D eigenvalue weighted by molar-refractivity contribution is 6.03. The molecule has 51 heavy (non-hydrogen) atoms. The molecule has 1 N–H and O–H groups in total. The minimum atomic E-state index is -0.962. The monoisotopic (exact) mass is 702 g/mol. The van der Waals surface area contributed by atoms with Gasteiger partial charge in [-0.05, 0) is 55.8 Å². The van der Waals surface area contributed by atoms with E-state index in [1.54, 1.807) is 4.90 Å². The lowest BCUT2D eigenvalue weighted by Gasteiger charge is -2.41. The predicted octanol–water partition coefficient (Wildman–Crippen LogP) is 5.20. The van der Waals surface area contributed by atoms with Gasteiger partial charge in [0.15, 0.2) is 5.82 Å². The Kier molecular flexibility index (Phi) is 8.50. The van der Waals surface area contributed by atoms with Gasteiger partial charge in [0.25, 0.3) is 0 Å². The van der Waals surface area contributed by atoms with Crippen LogP contribution in [0.15, 0.2) is 30.5 Å². The first-order chi connectivity index (χ1) is 24.7. The number of carbonyl (C=O) groups excluding carboxylic acids is 1. The number of methoxy groups -OCH3 is 1. The number of alkyl halides is 1. The van der Waals surface area contributed by atoms with Crippen molar-refractivity contribution in [3.63, 3.8) is 0 Å². The molecule has 4 aromatic rings. The molecule has 0 spiro atoms. The largest absolute Gasteiger partial charge is 0.508 e. The van der Waals surface area contributed by atoms with Crippen LogP contribution in [0.3, 0.4) is 0 Å². The van der Waals surface area contributed by atoms with Crippen LogP contribution < -0.4 is 9.64 Å². The van der Waals surface area contributed by atoms with Crippen molar-refractivity contribution in [3.8, 4) is 35.4 Å². The molecule has 4 aliphatic rings. The Balaban J connectivity index is 1.21. The molecule has 2 aromatic heterocycles. The molecule has 4 aliphatic heterocycles. The maximum atomic E-state index is 17.0. The van der Waals surface area contributed by atoms with E-state index in [0.717, 1.165) is 32.2 Å². The Morgan fingerprint density at radius 1 is 1.14 bits per heavy atom. The van der Waals surface area contributed by atoms with E-state index in [9.17, 15) is 18.7 Å². The third kappa shape index (κ3) is 5.72. The van der Waals surface area contributed by atoms with Crippen LogP contribution in [0, 0.1) is 24.0 Å². The number of aromatic hydroxyl groups is 1. The SMILES string of the molecule is C#Cc1c(F)ccc2cc(O)cc(-c3ncc4c(N5CC6CCC(C5)N6C(=O)OCCOC)nc(OC[C@@]56CCCN5C[C@H](F)C6)nc4c3F)c12. The van der Waals surface area contributed by atoms with Gasteiger partial charge in [-0.3, -0.25) is 14.8 Å². The molecule has 1 amide bonds. The van der Waals surface area contributed by atoms with Gasteiger partial charge >= 0.3 is 12.1 Å². The third-order valence-corrected chi connectivity index (χ3v) is 10.8. The molecule has 4 atom stereocenters. The minimum Gasteiger partial charge on any atom is -0.508 e. The number of rotatable bonds is 8. The van der Waals surface area contributed by atoms with E-state index in [1.165, 1.54) is 37.6 Å². The zero-order valence-corrected chi connectivity index (χ0v) is 28.1. The van der Waals surface area contributed by atoms with Crippen LogP contribution in [-0.2, 0) is 9.47 Å². The molecule has 0 saturated carbocycles. The van der Waals surface area contributed by atoms with Crippen LogP contribution in [0.1, 0.15) is 37.7 Å². The van der Waals surface area contributed by atoms with Crippen molar-refractivity contribution in [2.75, 3.05) is 58.0 Å². The number of hydrogen-bond donors (Lipinski definition) is 1. The summed E-state index contributed by atoms with van der Waals surface area (Å²) in [7, 11) is 1.54. The Hall–Kier alpha value is -4.87. The van der Waals surface area contributed by atoms with Gasteiger partial charge in [-0.1, -0.05) is 12.0 Å². The fraction of sp³-hybridized carbons (Fsp3) is 0.459. The highest BCUT2D eigenvalue weighted by Gasteiger charge is 2.50. The molecule has 266 valence electrons. The summed E-state index contributed by atoms with van der Waals surface area (Å²) in [6, 6.07) is 4.94. The Morgan fingerprint density at radius 3 is 2.71 bits per heavy atom. The number of benzene rings is 2. The van der Waals surface area contributed by atoms with Crippen LogP contribution in [0.25, 0.3) is 32.9 Å². The summed E-state index contributed by atoms with van der Waals surface area (Å²) in [6.45, 7) is 2.48. The highest BCUT2D eigenvalue weighted by atomic mass is 19.1. The Labute approximate surface area is 292 Å². The molecule has 2 bridgehead atoms. The second-order valence-electron chi connectivity index (χ2n) is 13.8. The lowest BCUT2D eigenvalue weighted by Crippen LogP contribution is -2.56. The number of amides is 1. The molecule has 8 rings (SSSR count). The number of anilines is 1. The van der Waals surface area contributed by atoms with E-state index in [4.69, 9.17) is 25.6 Å². The lowest BCUT2D eigenvalue weighted by molar-refractivity contribution is 0.0560. The van der Waals surface area contributed by atoms with Gasteiger partial charge in [0, 0.05) is 50.3 Å². The highest BCUT2D eigenvalue weighted by Crippen LogP contribution is 2.42. The maximum Gasteiger partial charge on any atom is 0.410 e. The van der Waals surface area contributed by atoms with Crippen molar-refractivity contribution in [2.24, 2.45) is 0 Å². The summed E-state index contributed by atoms with van der Waals surface area (Å²) in [5.74, 6) is 1.05. The molecule has 2 unspecified atom stereocenters. The number of carbonyl (C=O) groups is 1. The van der Waals surface area contributed by atoms with Crippen molar-refractivity contribution >= 4 is 33.6 Å². The number of nitrogens with zero attached hydrogens (tertiary/aromatic N) is 6. The number of halogens is 3. The molecular formula is C37H37F3N6O5. The van der Waals surface area contributed by atoms with E-state index < -0.39 is 29.4 Å². The maximum absolute atomic E-state index is 17.0. The van der Waals surface area contributed by atoms with Crippen molar-refractivity contribution < 1.29 is 37.3 Å². The molecule has 2 aromatic carbocycles. The summed E-state index contributed by atoms with van der Waals surface area (Å²) in [6.07, 6.45) is 9.31. The van der Waals surface area contributed by atoms with Gasteiger partial charge in [-0.25, -0.2) is 18.0 Å².